The first-order chi connectivity index (χ1) is 14.4. The number of carbonyl (C=O) groups is 5. The molecule has 0 aliphatic rings. The standard InChI is InChI=1S/C18H33N5O8/c1-9(2)14(17(29)21-11(18(30)31)5-3-4-6-19)23-16(28)12(8-24)22-15(27)10(20)7-13(25)26/h9-12,14,24H,3-8,19-20H2,1-2H3,(H,21,29)(H,22,27)(H,23,28)(H,25,26)(H,30,31). The third kappa shape index (κ3) is 10.7. The van der Waals surface area contributed by atoms with Gasteiger partial charge in [-0.2, -0.15) is 0 Å². The molecule has 3 amide bonds. The molecule has 0 radical (unpaired) electrons. The van der Waals surface area contributed by atoms with Crippen LogP contribution in [0.4, 0.5) is 0 Å². The van der Waals surface area contributed by atoms with Gasteiger partial charge in [-0.15, -0.1) is 0 Å². The van der Waals surface area contributed by atoms with Gasteiger partial charge in [-0.25, -0.2) is 4.79 Å². The Morgan fingerprint density at radius 1 is 0.871 bits per heavy atom. The normalized spacial score (nSPS) is 14.8. The van der Waals surface area contributed by atoms with E-state index >= 15 is 0 Å². The molecule has 0 aromatic heterocycles. The van der Waals surface area contributed by atoms with Crippen molar-refractivity contribution in [1.29, 1.82) is 0 Å². The summed E-state index contributed by atoms with van der Waals surface area (Å²) >= 11 is 0. The minimum atomic E-state index is -1.48. The molecule has 0 rings (SSSR count). The number of nitrogens with one attached hydrogen (secondary N) is 3. The monoisotopic (exact) mass is 447 g/mol. The highest BCUT2D eigenvalue weighted by atomic mass is 16.4. The van der Waals surface area contributed by atoms with Gasteiger partial charge in [0.25, 0.3) is 0 Å². The van der Waals surface area contributed by atoms with Gasteiger partial charge in [0.05, 0.1) is 19.1 Å². The van der Waals surface area contributed by atoms with Gasteiger partial charge < -0.3 is 42.7 Å². The van der Waals surface area contributed by atoms with Gasteiger partial charge >= 0.3 is 11.9 Å². The third-order valence-electron chi connectivity index (χ3n) is 4.36. The first-order valence-corrected chi connectivity index (χ1v) is 9.86. The molecule has 0 aliphatic heterocycles. The summed E-state index contributed by atoms with van der Waals surface area (Å²) in [5.74, 6) is -5.62. The van der Waals surface area contributed by atoms with Crippen molar-refractivity contribution in [2.24, 2.45) is 17.4 Å². The molecule has 13 nitrogen and oxygen atoms in total. The van der Waals surface area contributed by atoms with E-state index in [4.69, 9.17) is 16.6 Å². The summed E-state index contributed by atoms with van der Waals surface area (Å²) in [6, 6.07) is -5.24. The molecule has 0 fully saturated rings. The third-order valence-corrected chi connectivity index (χ3v) is 4.36. The van der Waals surface area contributed by atoms with Crippen LogP contribution < -0.4 is 27.4 Å². The number of carboxylic acids is 2. The second-order valence-corrected chi connectivity index (χ2v) is 7.36. The van der Waals surface area contributed by atoms with Crippen molar-refractivity contribution < 1.29 is 39.3 Å². The lowest BCUT2D eigenvalue weighted by molar-refractivity contribution is -0.143. The summed E-state index contributed by atoms with van der Waals surface area (Å²) < 4.78 is 0. The second kappa shape index (κ2) is 14.3. The van der Waals surface area contributed by atoms with Crippen LogP contribution in [0.1, 0.15) is 39.5 Å². The Bertz CT molecular complexity index is 642. The number of aliphatic carboxylic acids is 2. The van der Waals surface area contributed by atoms with Crippen LogP contribution in [0.3, 0.4) is 0 Å². The molecule has 31 heavy (non-hydrogen) atoms. The van der Waals surface area contributed by atoms with Crippen LogP contribution in [0.25, 0.3) is 0 Å². The zero-order chi connectivity index (χ0) is 24.1. The molecule has 0 saturated carbocycles. The molecule has 0 aromatic carbocycles. The zero-order valence-corrected chi connectivity index (χ0v) is 17.7. The molecular formula is C18H33N5O8. The van der Waals surface area contributed by atoms with Crippen molar-refractivity contribution in [2.75, 3.05) is 13.2 Å². The van der Waals surface area contributed by atoms with Crippen LogP contribution in [0.15, 0.2) is 0 Å². The molecule has 178 valence electrons. The number of amides is 3. The van der Waals surface area contributed by atoms with Gasteiger partial charge in [0, 0.05) is 0 Å². The average Bonchev–Trinajstić information content (AvgIpc) is 2.67. The topological polar surface area (TPSA) is 234 Å². The van der Waals surface area contributed by atoms with E-state index in [0.29, 0.717) is 19.4 Å². The summed E-state index contributed by atoms with van der Waals surface area (Å²) in [5, 5.41) is 34.2. The lowest BCUT2D eigenvalue weighted by atomic mass is 10.0. The number of carboxylic acid groups (broad SMARTS) is 2. The fraction of sp³-hybridized carbons (Fsp3) is 0.722. The summed E-state index contributed by atoms with van der Waals surface area (Å²) in [4.78, 5) is 59.0. The minimum absolute atomic E-state index is 0.161. The predicted octanol–water partition coefficient (Wildman–Crippen LogP) is -2.90. The number of rotatable bonds is 15. The highest BCUT2D eigenvalue weighted by Crippen LogP contribution is 2.06. The van der Waals surface area contributed by atoms with Crippen LogP contribution in [0, 0.1) is 5.92 Å². The fourth-order valence-electron chi connectivity index (χ4n) is 2.55. The van der Waals surface area contributed by atoms with E-state index in [-0.39, 0.29) is 6.42 Å². The van der Waals surface area contributed by atoms with Gasteiger partial charge in [-0.1, -0.05) is 13.8 Å². The van der Waals surface area contributed by atoms with E-state index in [1.54, 1.807) is 13.8 Å². The Labute approximate surface area is 179 Å². The molecule has 13 heteroatoms. The van der Waals surface area contributed by atoms with Crippen LogP contribution >= 0.6 is 0 Å². The van der Waals surface area contributed by atoms with E-state index in [1.807, 2.05) is 0 Å². The Morgan fingerprint density at radius 3 is 1.90 bits per heavy atom. The largest absolute Gasteiger partial charge is 0.481 e. The number of nitrogens with two attached hydrogens (primary N) is 2. The van der Waals surface area contributed by atoms with E-state index in [0.717, 1.165) is 0 Å². The average molecular weight is 447 g/mol. The molecule has 0 saturated heterocycles. The summed E-state index contributed by atoms with van der Waals surface area (Å²) in [7, 11) is 0. The first kappa shape index (κ1) is 28.2. The Hall–Kier alpha value is -2.77. The van der Waals surface area contributed by atoms with Crippen molar-refractivity contribution >= 4 is 29.7 Å². The minimum Gasteiger partial charge on any atom is -0.481 e. The molecule has 0 heterocycles. The van der Waals surface area contributed by atoms with E-state index in [9.17, 15) is 34.2 Å². The number of aliphatic hydroxyl groups is 1. The number of unbranched alkanes of at least 4 members (excludes halogenated alkanes) is 1. The van der Waals surface area contributed by atoms with Crippen LogP contribution in [-0.2, 0) is 24.0 Å². The van der Waals surface area contributed by atoms with Crippen molar-refractivity contribution in [3.63, 3.8) is 0 Å². The molecule has 0 bridgehead atoms. The van der Waals surface area contributed by atoms with Gasteiger partial charge in [-0.3, -0.25) is 19.2 Å². The maximum Gasteiger partial charge on any atom is 0.326 e. The second-order valence-electron chi connectivity index (χ2n) is 7.36. The summed E-state index contributed by atoms with van der Waals surface area (Å²) in [6.07, 6.45) is 0.560. The zero-order valence-electron chi connectivity index (χ0n) is 17.7. The van der Waals surface area contributed by atoms with E-state index in [2.05, 4.69) is 16.0 Å². The maximum absolute atomic E-state index is 12.6. The SMILES string of the molecule is CC(C)C(NC(=O)C(CO)NC(=O)C(N)CC(=O)O)C(=O)NC(CCCCN)C(=O)O. The molecular weight excluding hydrogens is 414 g/mol. The van der Waals surface area contributed by atoms with Crippen molar-refractivity contribution in [3.05, 3.63) is 0 Å². The molecule has 4 atom stereocenters. The fourth-order valence-corrected chi connectivity index (χ4v) is 2.55. The lowest BCUT2D eigenvalue weighted by Crippen LogP contribution is -2.59. The number of carbonyl (C=O) groups excluding carboxylic acids is 3. The number of hydrogen-bond acceptors (Lipinski definition) is 8. The van der Waals surface area contributed by atoms with Gasteiger partial charge in [0.15, 0.2) is 0 Å². The smallest absolute Gasteiger partial charge is 0.326 e. The molecule has 4 unspecified atom stereocenters. The van der Waals surface area contributed by atoms with Crippen LogP contribution in [-0.4, -0.2) is 82.3 Å². The van der Waals surface area contributed by atoms with Gasteiger partial charge in [0.1, 0.15) is 18.1 Å². The van der Waals surface area contributed by atoms with Gasteiger partial charge in [0.2, 0.25) is 17.7 Å². The predicted molar refractivity (Wildman–Crippen MR) is 108 cm³/mol. The Balaban J connectivity index is 5.13. The Morgan fingerprint density at radius 2 is 1.45 bits per heavy atom. The molecule has 10 N–H and O–H groups in total. The quantitative estimate of drug-likeness (QED) is 0.119. The maximum atomic E-state index is 12.6. The highest BCUT2D eigenvalue weighted by Gasteiger charge is 2.31. The van der Waals surface area contributed by atoms with Crippen molar-refractivity contribution in [1.82, 2.24) is 16.0 Å². The van der Waals surface area contributed by atoms with Crippen molar-refractivity contribution in [2.45, 2.75) is 63.7 Å². The Kier molecular flexibility index (Phi) is 13.0. The number of hydrogen-bond donors (Lipinski definition) is 8. The van der Waals surface area contributed by atoms with Crippen molar-refractivity contribution in [3.8, 4) is 0 Å². The van der Waals surface area contributed by atoms with Crippen LogP contribution in [0.5, 0.6) is 0 Å². The lowest BCUT2D eigenvalue weighted by Gasteiger charge is -2.26. The first-order valence-electron chi connectivity index (χ1n) is 9.86. The molecule has 0 aromatic rings. The highest BCUT2D eigenvalue weighted by molar-refractivity contribution is 5.94. The summed E-state index contributed by atoms with van der Waals surface area (Å²) in [6.45, 7) is 2.78. The number of aliphatic hydroxyl groups excluding tert-OH is 1. The van der Waals surface area contributed by atoms with E-state index < -0.39 is 72.8 Å². The van der Waals surface area contributed by atoms with E-state index in [1.165, 1.54) is 0 Å². The van der Waals surface area contributed by atoms with Crippen LogP contribution in [0.2, 0.25) is 0 Å². The summed E-state index contributed by atoms with van der Waals surface area (Å²) in [5.41, 5.74) is 10.8. The molecule has 0 aliphatic carbocycles. The van der Waals surface area contributed by atoms with Gasteiger partial charge in [-0.05, 0) is 31.7 Å². The molecule has 0 spiro atoms.